The lowest BCUT2D eigenvalue weighted by atomic mass is 10.2. The highest BCUT2D eigenvalue weighted by Crippen LogP contribution is 2.24. The minimum atomic E-state index is -0.879. The average Bonchev–Trinajstić information content (AvgIpc) is 3.03. The van der Waals surface area contributed by atoms with E-state index in [2.05, 4.69) is 25.9 Å². The van der Waals surface area contributed by atoms with E-state index in [1.807, 2.05) is 44.2 Å². The first kappa shape index (κ1) is 20.8. The molecule has 0 spiro atoms. The van der Waals surface area contributed by atoms with E-state index in [1.165, 1.54) is 0 Å². The Morgan fingerprint density at radius 1 is 1.20 bits per heavy atom. The number of rotatable bonds is 6. The summed E-state index contributed by atoms with van der Waals surface area (Å²) in [6, 6.07) is 13.8. The second-order valence-electron chi connectivity index (χ2n) is 6.63. The molecule has 2 aromatic rings. The van der Waals surface area contributed by atoms with Crippen LogP contribution in [0.15, 0.2) is 58.5 Å². The molecule has 5 N–H and O–H groups in total. The van der Waals surface area contributed by atoms with Gasteiger partial charge < -0.3 is 21.1 Å². The van der Waals surface area contributed by atoms with Crippen molar-refractivity contribution < 1.29 is 14.3 Å². The van der Waals surface area contributed by atoms with Crippen LogP contribution in [0.4, 0.5) is 11.4 Å². The van der Waals surface area contributed by atoms with Gasteiger partial charge in [-0.1, -0.05) is 29.8 Å². The number of carbonyl (C=O) groups excluding carboxylic acids is 2. The number of benzene rings is 2. The summed E-state index contributed by atoms with van der Waals surface area (Å²) < 4.78 is 5.48. The van der Waals surface area contributed by atoms with Gasteiger partial charge in [-0.05, 0) is 38.1 Å². The summed E-state index contributed by atoms with van der Waals surface area (Å²) >= 11 is 0. The third-order valence-electron chi connectivity index (χ3n) is 4.21. The lowest BCUT2D eigenvalue weighted by Crippen LogP contribution is -2.32. The Labute approximate surface area is 174 Å². The van der Waals surface area contributed by atoms with Gasteiger partial charge in [0, 0.05) is 5.69 Å². The highest BCUT2D eigenvalue weighted by molar-refractivity contribution is 6.11. The molecule has 30 heavy (non-hydrogen) atoms. The molecule has 0 aromatic heterocycles. The number of amides is 2. The van der Waals surface area contributed by atoms with Crippen molar-refractivity contribution in [1.29, 1.82) is 0 Å². The molecular formula is C21H24N6O3. The molecule has 156 valence electrons. The summed E-state index contributed by atoms with van der Waals surface area (Å²) in [5.74, 6) is -0.0709. The molecule has 9 heteroatoms. The zero-order valence-electron chi connectivity index (χ0n) is 16.8. The van der Waals surface area contributed by atoms with Crippen LogP contribution in [0.5, 0.6) is 5.75 Å². The van der Waals surface area contributed by atoms with Crippen molar-refractivity contribution in [1.82, 2.24) is 5.32 Å². The second kappa shape index (κ2) is 9.55. The largest absolute Gasteiger partial charge is 0.492 e. The van der Waals surface area contributed by atoms with Gasteiger partial charge in [0.05, 0.1) is 18.7 Å². The van der Waals surface area contributed by atoms with E-state index < -0.39 is 11.9 Å². The van der Waals surface area contributed by atoms with Crippen molar-refractivity contribution in [3.05, 3.63) is 54.1 Å². The SMILES string of the molecule is CCOc1ccccc1NC(=O)CC1N=C(/N=C(\N)Nc2ccc(C)cc2)NC1=O. The van der Waals surface area contributed by atoms with Gasteiger partial charge in [-0.2, -0.15) is 4.99 Å². The monoisotopic (exact) mass is 408 g/mol. The summed E-state index contributed by atoms with van der Waals surface area (Å²) in [7, 11) is 0. The van der Waals surface area contributed by atoms with E-state index in [0.717, 1.165) is 11.3 Å². The van der Waals surface area contributed by atoms with E-state index in [9.17, 15) is 9.59 Å². The van der Waals surface area contributed by atoms with Gasteiger partial charge in [-0.3, -0.25) is 14.9 Å². The summed E-state index contributed by atoms with van der Waals surface area (Å²) in [6.45, 7) is 4.31. The smallest absolute Gasteiger partial charge is 0.252 e. The zero-order valence-corrected chi connectivity index (χ0v) is 16.8. The molecule has 2 aromatic carbocycles. The van der Waals surface area contributed by atoms with E-state index in [1.54, 1.807) is 18.2 Å². The van der Waals surface area contributed by atoms with Crippen LogP contribution in [0.1, 0.15) is 18.9 Å². The van der Waals surface area contributed by atoms with Crippen molar-refractivity contribution in [3.8, 4) is 5.75 Å². The van der Waals surface area contributed by atoms with Crippen LogP contribution >= 0.6 is 0 Å². The Balaban J connectivity index is 1.61. The van der Waals surface area contributed by atoms with Gasteiger partial charge in [-0.15, -0.1) is 0 Å². The molecule has 1 aliphatic heterocycles. The van der Waals surface area contributed by atoms with Crippen molar-refractivity contribution >= 4 is 35.1 Å². The van der Waals surface area contributed by atoms with Crippen molar-refractivity contribution in [3.63, 3.8) is 0 Å². The second-order valence-corrected chi connectivity index (χ2v) is 6.63. The molecule has 1 aliphatic rings. The van der Waals surface area contributed by atoms with Crippen LogP contribution in [-0.4, -0.2) is 36.4 Å². The number of guanidine groups is 2. The minimum Gasteiger partial charge on any atom is -0.492 e. The Hall–Kier alpha value is -3.88. The van der Waals surface area contributed by atoms with Crippen LogP contribution < -0.4 is 26.4 Å². The lowest BCUT2D eigenvalue weighted by Gasteiger charge is -2.11. The van der Waals surface area contributed by atoms with E-state index in [-0.39, 0.29) is 24.2 Å². The third-order valence-corrected chi connectivity index (χ3v) is 4.21. The highest BCUT2D eigenvalue weighted by Gasteiger charge is 2.29. The Bertz CT molecular complexity index is 984. The van der Waals surface area contributed by atoms with E-state index >= 15 is 0 Å². The summed E-state index contributed by atoms with van der Waals surface area (Å²) in [5.41, 5.74) is 8.29. The molecule has 0 fully saturated rings. The number of carbonyl (C=O) groups is 2. The molecule has 2 amide bonds. The summed E-state index contributed by atoms with van der Waals surface area (Å²) in [4.78, 5) is 32.8. The molecule has 3 rings (SSSR count). The van der Waals surface area contributed by atoms with Gasteiger partial charge in [0.15, 0.2) is 0 Å². The first-order valence-corrected chi connectivity index (χ1v) is 9.53. The maximum Gasteiger partial charge on any atom is 0.252 e. The zero-order chi connectivity index (χ0) is 21.5. The summed E-state index contributed by atoms with van der Waals surface area (Å²) in [5, 5.41) is 8.20. The van der Waals surface area contributed by atoms with Crippen LogP contribution in [0.2, 0.25) is 0 Å². The van der Waals surface area contributed by atoms with Crippen LogP contribution in [-0.2, 0) is 9.59 Å². The minimum absolute atomic E-state index is 0.0598. The first-order valence-electron chi connectivity index (χ1n) is 9.53. The number of nitrogens with two attached hydrogens (primary N) is 1. The molecule has 9 nitrogen and oxygen atoms in total. The molecule has 0 bridgehead atoms. The molecule has 1 unspecified atom stereocenters. The summed E-state index contributed by atoms with van der Waals surface area (Å²) in [6.07, 6.45) is -0.128. The van der Waals surface area contributed by atoms with Crippen molar-refractivity contribution in [2.24, 2.45) is 15.7 Å². The normalized spacial score (nSPS) is 15.9. The maximum atomic E-state index is 12.4. The van der Waals surface area contributed by atoms with E-state index in [4.69, 9.17) is 10.5 Å². The topological polar surface area (TPSA) is 130 Å². The fourth-order valence-corrected chi connectivity index (χ4v) is 2.78. The fraction of sp³-hybridized carbons (Fsp3) is 0.238. The first-order chi connectivity index (χ1) is 14.4. The number of nitrogens with one attached hydrogen (secondary N) is 3. The fourth-order valence-electron chi connectivity index (χ4n) is 2.78. The molecule has 0 saturated heterocycles. The predicted molar refractivity (Wildman–Crippen MR) is 117 cm³/mol. The number of anilines is 2. The molecule has 0 radical (unpaired) electrons. The number of ether oxygens (including phenoxy) is 1. The van der Waals surface area contributed by atoms with Gasteiger partial charge in [0.1, 0.15) is 11.8 Å². The van der Waals surface area contributed by atoms with Gasteiger partial charge >= 0.3 is 0 Å². The van der Waals surface area contributed by atoms with Crippen LogP contribution in [0.3, 0.4) is 0 Å². The predicted octanol–water partition coefficient (Wildman–Crippen LogP) is 2.00. The maximum absolute atomic E-state index is 12.4. The number of hydrogen-bond acceptors (Lipinski definition) is 5. The molecule has 0 saturated carbocycles. The van der Waals surface area contributed by atoms with Gasteiger partial charge in [0.25, 0.3) is 5.91 Å². The number of hydrogen-bond donors (Lipinski definition) is 4. The Morgan fingerprint density at radius 2 is 1.93 bits per heavy atom. The Morgan fingerprint density at radius 3 is 2.67 bits per heavy atom. The number of nitrogens with zero attached hydrogens (tertiary/aromatic N) is 2. The van der Waals surface area contributed by atoms with Crippen molar-refractivity contribution in [2.75, 3.05) is 17.2 Å². The third kappa shape index (κ3) is 5.57. The van der Waals surface area contributed by atoms with Gasteiger partial charge in [0.2, 0.25) is 17.8 Å². The van der Waals surface area contributed by atoms with Crippen LogP contribution in [0, 0.1) is 6.92 Å². The quantitative estimate of drug-likeness (QED) is 0.429. The van der Waals surface area contributed by atoms with E-state index in [0.29, 0.717) is 18.0 Å². The standard InChI is InChI=1S/C21H24N6O3/c1-3-30-17-7-5-4-6-15(17)24-18(28)12-16-19(29)26-21(25-16)27-20(22)23-14-10-8-13(2)9-11-14/h4-11,16H,3,12H2,1-2H3,(H,24,28)(H4,22,23,25,26,27,29). The highest BCUT2D eigenvalue weighted by atomic mass is 16.5. The van der Waals surface area contributed by atoms with Crippen LogP contribution in [0.25, 0.3) is 0 Å². The molecular weight excluding hydrogens is 384 g/mol. The number of aryl methyl sites for hydroxylation is 1. The average molecular weight is 408 g/mol. The molecule has 1 atom stereocenters. The number of aliphatic imine (C=N–C) groups is 2. The van der Waals surface area contributed by atoms with Crippen molar-refractivity contribution in [2.45, 2.75) is 26.3 Å². The Kier molecular flexibility index (Phi) is 6.63. The van der Waals surface area contributed by atoms with Gasteiger partial charge in [-0.25, -0.2) is 4.99 Å². The molecule has 1 heterocycles. The molecule has 0 aliphatic carbocycles. The lowest BCUT2D eigenvalue weighted by molar-refractivity contribution is -0.123. The number of para-hydroxylation sites is 2.